The van der Waals surface area contributed by atoms with E-state index in [1.165, 1.54) is 0 Å². The van der Waals surface area contributed by atoms with E-state index in [2.05, 4.69) is 12.6 Å². The van der Waals surface area contributed by atoms with Crippen LogP contribution in [-0.4, -0.2) is 5.12 Å². The lowest BCUT2D eigenvalue weighted by Gasteiger charge is -1.97. The van der Waals surface area contributed by atoms with Crippen molar-refractivity contribution in [3.63, 3.8) is 0 Å². The number of hydrogen-bond acceptors (Lipinski definition) is 2. The Hall–Kier alpha value is -0.960. The third-order valence-corrected chi connectivity index (χ3v) is 1.43. The summed E-state index contributed by atoms with van der Waals surface area (Å²) < 4.78 is 0. The van der Waals surface area contributed by atoms with Crippen LogP contribution in [0.25, 0.3) is 0 Å². The highest BCUT2D eigenvalue weighted by molar-refractivity contribution is 7.97. The summed E-state index contributed by atoms with van der Waals surface area (Å²) in [6.07, 6.45) is 0. The Kier molecular flexibility index (Phi) is 5.21. The number of nitrogens with two attached hydrogens (primary N) is 1. The van der Waals surface area contributed by atoms with Gasteiger partial charge in [0.2, 0.25) is 5.12 Å². The zero-order valence-electron chi connectivity index (χ0n) is 7.24. The van der Waals surface area contributed by atoms with Crippen LogP contribution in [-0.2, 0) is 0 Å². The zero-order valence-corrected chi connectivity index (χ0v) is 8.14. The summed E-state index contributed by atoms with van der Waals surface area (Å²) >= 11 is 3.64. The van der Waals surface area contributed by atoms with E-state index in [1.54, 1.807) is 24.3 Å². The molecule has 0 saturated heterocycles. The molecule has 0 aromatic heterocycles. The van der Waals surface area contributed by atoms with Crippen molar-refractivity contribution >= 4 is 23.4 Å². The van der Waals surface area contributed by atoms with Gasteiger partial charge in [-0.25, -0.2) is 0 Å². The van der Waals surface area contributed by atoms with Gasteiger partial charge < -0.3 is 5.73 Å². The van der Waals surface area contributed by atoms with Crippen LogP contribution < -0.4 is 5.73 Å². The summed E-state index contributed by atoms with van der Waals surface area (Å²) in [5.41, 5.74) is 6.39. The highest BCUT2D eigenvalue weighted by Crippen LogP contribution is 2.11. The molecule has 12 heavy (non-hydrogen) atoms. The molecule has 0 amide bonds. The van der Waals surface area contributed by atoms with Crippen LogP contribution in [0, 0.1) is 0 Å². The Morgan fingerprint density at radius 3 is 2.17 bits per heavy atom. The number of thiol groups is 1. The number of rotatable bonds is 1. The van der Waals surface area contributed by atoms with E-state index in [-0.39, 0.29) is 5.12 Å². The average molecular weight is 183 g/mol. The molecule has 0 radical (unpaired) electrons. The monoisotopic (exact) mass is 183 g/mol. The molecule has 66 valence electrons. The highest BCUT2D eigenvalue weighted by Gasteiger charge is 2.01. The number of nitrogen functional groups attached to an aromatic ring is 1. The number of anilines is 1. The van der Waals surface area contributed by atoms with Crippen molar-refractivity contribution in [2.24, 2.45) is 0 Å². The first-order valence-corrected chi connectivity index (χ1v) is 4.24. The maximum Gasteiger partial charge on any atom is 0.218 e. The molecule has 0 saturated carbocycles. The molecule has 0 aliphatic heterocycles. The van der Waals surface area contributed by atoms with E-state index < -0.39 is 0 Å². The lowest BCUT2D eigenvalue weighted by Crippen LogP contribution is -1.95. The Morgan fingerprint density at radius 1 is 1.33 bits per heavy atom. The predicted molar refractivity (Wildman–Crippen MR) is 55.5 cm³/mol. The lowest BCUT2D eigenvalue weighted by molar-refractivity contribution is 0.109. The molecule has 1 aromatic rings. The van der Waals surface area contributed by atoms with E-state index in [0.29, 0.717) is 11.3 Å². The molecule has 0 aliphatic rings. The molecular formula is C9H13NOS. The molecule has 0 unspecified atom stereocenters. The molecule has 3 heteroatoms. The highest BCUT2D eigenvalue weighted by atomic mass is 32.1. The molecule has 1 rings (SSSR count). The van der Waals surface area contributed by atoms with Crippen molar-refractivity contribution in [3.8, 4) is 0 Å². The molecular weight excluding hydrogens is 170 g/mol. The molecule has 0 spiro atoms. The van der Waals surface area contributed by atoms with Gasteiger partial charge in [-0.15, -0.1) is 12.6 Å². The van der Waals surface area contributed by atoms with Crippen molar-refractivity contribution in [1.29, 1.82) is 0 Å². The fourth-order valence-corrected chi connectivity index (χ4v) is 0.895. The molecule has 0 fully saturated rings. The summed E-state index contributed by atoms with van der Waals surface area (Å²) in [6, 6.07) is 6.84. The van der Waals surface area contributed by atoms with E-state index in [0.717, 1.165) is 0 Å². The minimum atomic E-state index is -0.293. The van der Waals surface area contributed by atoms with Crippen LogP contribution in [0.2, 0.25) is 0 Å². The van der Waals surface area contributed by atoms with Crippen LogP contribution in [0.3, 0.4) is 0 Å². The van der Waals surface area contributed by atoms with E-state index in [1.807, 2.05) is 13.8 Å². The van der Waals surface area contributed by atoms with Crippen LogP contribution in [0.15, 0.2) is 24.3 Å². The van der Waals surface area contributed by atoms with Gasteiger partial charge in [-0.1, -0.05) is 26.0 Å². The number of hydrogen-bond donors (Lipinski definition) is 2. The van der Waals surface area contributed by atoms with Crippen LogP contribution in [0.5, 0.6) is 0 Å². The van der Waals surface area contributed by atoms with Crippen molar-refractivity contribution < 1.29 is 4.79 Å². The van der Waals surface area contributed by atoms with Gasteiger partial charge in [0.05, 0.1) is 5.56 Å². The van der Waals surface area contributed by atoms with Crippen LogP contribution in [0.4, 0.5) is 5.69 Å². The topological polar surface area (TPSA) is 43.1 Å². The number of carbonyl (C=O) groups is 1. The molecule has 2 N–H and O–H groups in total. The minimum absolute atomic E-state index is 0.293. The Balaban J connectivity index is 0.000000561. The maximum atomic E-state index is 10.7. The van der Waals surface area contributed by atoms with Crippen molar-refractivity contribution in [3.05, 3.63) is 29.8 Å². The summed E-state index contributed by atoms with van der Waals surface area (Å²) in [4.78, 5) is 10.7. The SMILES string of the molecule is CC.Nc1ccccc1C(=O)S. The fourth-order valence-electron chi connectivity index (χ4n) is 0.692. The average Bonchev–Trinajstić information content (AvgIpc) is 2.08. The van der Waals surface area contributed by atoms with Crippen molar-refractivity contribution in [2.75, 3.05) is 5.73 Å². The normalized spacial score (nSPS) is 8.25. The molecule has 1 aromatic carbocycles. The van der Waals surface area contributed by atoms with E-state index in [4.69, 9.17) is 5.73 Å². The second-order valence-electron chi connectivity index (χ2n) is 1.89. The molecule has 0 atom stereocenters. The summed E-state index contributed by atoms with van der Waals surface area (Å²) in [5, 5.41) is -0.293. The first kappa shape index (κ1) is 11.0. The van der Waals surface area contributed by atoms with Gasteiger partial charge in [0.15, 0.2) is 0 Å². The third-order valence-electron chi connectivity index (χ3n) is 1.19. The minimum Gasteiger partial charge on any atom is -0.398 e. The van der Waals surface area contributed by atoms with Gasteiger partial charge in [-0.3, -0.25) is 4.79 Å². The zero-order chi connectivity index (χ0) is 9.56. The fraction of sp³-hybridized carbons (Fsp3) is 0.222. The number of para-hydroxylation sites is 1. The second kappa shape index (κ2) is 5.66. The van der Waals surface area contributed by atoms with E-state index >= 15 is 0 Å². The van der Waals surface area contributed by atoms with Gasteiger partial charge in [0.1, 0.15) is 0 Å². The third kappa shape index (κ3) is 2.96. The Labute approximate surface area is 78.2 Å². The molecule has 0 bridgehead atoms. The molecule has 0 heterocycles. The van der Waals surface area contributed by atoms with Gasteiger partial charge in [0.25, 0.3) is 0 Å². The molecule has 2 nitrogen and oxygen atoms in total. The molecule has 0 aliphatic carbocycles. The summed E-state index contributed by atoms with van der Waals surface area (Å²) in [5.74, 6) is 0. The largest absolute Gasteiger partial charge is 0.398 e. The Morgan fingerprint density at radius 2 is 1.83 bits per heavy atom. The van der Waals surface area contributed by atoms with Gasteiger partial charge >= 0.3 is 0 Å². The number of carbonyl (C=O) groups excluding carboxylic acids is 1. The second-order valence-corrected chi connectivity index (χ2v) is 2.30. The smallest absolute Gasteiger partial charge is 0.218 e. The number of benzene rings is 1. The van der Waals surface area contributed by atoms with Gasteiger partial charge in [-0.2, -0.15) is 0 Å². The quantitative estimate of drug-likeness (QED) is 0.518. The van der Waals surface area contributed by atoms with Crippen molar-refractivity contribution in [2.45, 2.75) is 13.8 Å². The predicted octanol–water partition coefficient (Wildman–Crippen LogP) is 2.37. The summed E-state index contributed by atoms with van der Waals surface area (Å²) in [6.45, 7) is 4.00. The van der Waals surface area contributed by atoms with Gasteiger partial charge in [-0.05, 0) is 12.1 Å². The van der Waals surface area contributed by atoms with Crippen LogP contribution in [0.1, 0.15) is 24.2 Å². The lowest BCUT2D eigenvalue weighted by atomic mass is 10.2. The van der Waals surface area contributed by atoms with Crippen molar-refractivity contribution in [1.82, 2.24) is 0 Å². The standard InChI is InChI=1S/C7H7NOS.C2H6/c8-6-4-2-1-3-5(6)7(9)10;1-2/h1-4H,8H2,(H,9,10);1-2H3. The summed E-state index contributed by atoms with van der Waals surface area (Å²) in [7, 11) is 0. The maximum absolute atomic E-state index is 10.7. The Bertz CT molecular complexity index is 260. The van der Waals surface area contributed by atoms with Crippen LogP contribution >= 0.6 is 12.6 Å². The van der Waals surface area contributed by atoms with E-state index in [9.17, 15) is 4.79 Å². The first-order chi connectivity index (χ1) is 5.72. The first-order valence-electron chi connectivity index (χ1n) is 3.79. The van der Waals surface area contributed by atoms with Gasteiger partial charge in [0, 0.05) is 5.69 Å².